The van der Waals surface area contributed by atoms with E-state index in [0.717, 1.165) is 12.8 Å². The number of rotatable bonds is 8. The van der Waals surface area contributed by atoms with Gasteiger partial charge in [-0.25, -0.2) is 9.59 Å². The number of carbonyl (C=O) groups is 2. The second-order valence-corrected chi connectivity index (χ2v) is 5.86. The lowest BCUT2D eigenvalue weighted by atomic mass is 9.99. The number of hydrogen-bond donors (Lipinski definition) is 0. The van der Waals surface area contributed by atoms with Crippen LogP contribution in [0.4, 0.5) is 0 Å². The SMILES string of the molecule is CCC/C(C(=O)Oc1ccccc1)=C(\CCC)C(=O)Oc1ccccc1. The zero-order valence-electron chi connectivity index (χ0n) is 15.2. The predicted octanol–water partition coefficient (Wildman–Crippen LogP) is 5.09. The Morgan fingerprint density at radius 1 is 0.654 bits per heavy atom. The van der Waals surface area contributed by atoms with Gasteiger partial charge in [0.1, 0.15) is 11.5 Å². The van der Waals surface area contributed by atoms with Crippen LogP contribution in [0.1, 0.15) is 39.5 Å². The Hall–Kier alpha value is -2.88. The van der Waals surface area contributed by atoms with Gasteiger partial charge in [-0.1, -0.05) is 63.1 Å². The van der Waals surface area contributed by atoms with Crippen LogP contribution in [0.5, 0.6) is 11.5 Å². The molecule has 2 rings (SSSR count). The maximum absolute atomic E-state index is 12.7. The minimum absolute atomic E-state index is 0.388. The van der Waals surface area contributed by atoms with Gasteiger partial charge in [0.2, 0.25) is 0 Å². The molecule has 0 amide bonds. The molecule has 0 heterocycles. The molecule has 0 saturated carbocycles. The summed E-state index contributed by atoms with van der Waals surface area (Å²) >= 11 is 0. The van der Waals surface area contributed by atoms with E-state index in [-0.39, 0.29) is 0 Å². The van der Waals surface area contributed by atoms with E-state index >= 15 is 0 Å². The van der Waals surface area contributed by atoms with E-state index in [1.165, 1.54) is 0 Å². The molecule has 0 aliphatic carbocycles. The van der Waals surface area contributed by atoms with Gasteiger partial charge in [0.05, 0.1) is 0 Å². The molecule has 0 aliphatic heterocycles. The van der Waals surface area contributed by atoms with E-state index in [2.05, 4.69) is 0 Å². The molecule has 0 bridgehead atoms. The van der Waals surface area contributed by atoms with Crippen LogP contribution in [0, 0.1) is 0 Å². The zero-order chi connectivity index (χ0) is 18.8. The normalized spacial score (nSPS) is 11.5. The molecule has 0 radical (unpaired) electrons. The molecule has 2 aromatic carbocycles. The summed E-state index contributed by atoms with van der Waals surface area (Å²) < 4.78 is 10.9. The molecule has 4 nitrogen and oxygen atoms in total. The van der Waals surface area contributed by atoms with E-state index < -0.39 is 11.9 Å². The number of carbonyl (C=O) groups excluding carboxylic acids is 2. The second kappa shape index (κ2) is 10.2. The van der Waals surface area contributed by atoms with Crippen LogP contribution in [0.15, 0.2) is 71.8 Å². The number of esters is 2. The smallest absolute Gasteiger partial charge is 0.339 e. The summed E-state index contributed by atoms with van der Waals surface area (Å²) in [6.07, 6.45) is 2.38. The van der Waals surface area contributed by atoms with Crippen molar-refractivity contribution in [2.24, 2.45) is 0 Å². The average molecular weight is 352 g/mol. The molecule has 0 aliphatic rings. The van der Waals surface area contributed by atoms with E-state index in [9.17, 15) is 9.59 Å². The molecular weight excluding hydrogens is 328 g/mol. The predicted molar refractivity (Wildman–Crippen MR) is 101 cm³/mol. The highest BCUT2D eigenvalue weighted by atomic mass is 16.5. The Labute approximate surface area is 154 Å². The summed E-state index contributed by atoms with van der Waals surface area (Å²) in [5.74, 6) is -0.0743. The largest absolute Gasteiger partial charge is 0.423 e. The average Bonchev–Trinajstić information content (AvgIpc) is 2.66. The third-order valence-corrected chi connectivity index (χ3v) is 3.76. The van der Waals surface area contributed by atoms with Crippen molar-refractivity contribution >= 4 is 11.9 Å². The van der Waals surface area contributed by atoms with Crippen molar-refractivity contribution in [2.75, 3.05) is 0 Å². The lowest BCUT2D eigenvalue weighted by molar-refractivity contribution is -0.133. The third kappa shape index (κ3) is 5.59. The number of benzene rings is 2. The first-order valence-electron chi connectivity index (χ1n) is 8.92. The van der Waals surface area contributed by atoms with Crippen molar-refractivity contribution in [3.05, 3.63) is 71.8 Å². The van der Waals surface area contributed by atoms with E-state index in [4.69, 9.17) is 9.47 Å². The van der Waals surface area contributed by atoms with Crippen LogP contribution in [0.25, 0.3) is 0 Å². The van der Waals surface area contributed by atoms with Crippen LogP contribution < -0.4 is 9.47 Å². The molecular formula is C22H24O4. The Balaban J connectivity index is 2.29. The van der Waals surface area contributed by atoms with Crippen LogP contribution in [-0.2, 0) is 9.59 Å². The van der Waals surface area contributed by atoms with Gasteiger partial charge in [0, 0.05) is 11.1 Å². The standard InChI is InChI=1S/C22H24O4/c1-3-11-19(21(23)25-17-13-7-5-8-14-17)20(12-4-2)22(24)26-18-15-9-6-10-16-18/h5-10,13-16H,3-4,11-12H2,1-2H3/b20-19-. The highest BCUT2D eigenvalue weighted by molar-refractivity contribution is 6.01. The summed E-state index contributed by atoms with van der Waals surface area (Å²) in [5, 5.41) is 0. The van der Waals surface area contributed by atoms with Gasteiger partial charge >= 0.3 is 11.9 Å². The molecule has 0 saturated heterocycles. The second-order valence-electron chi connectivity index (χ2n) is 5.86. The molecule has 0 spiro atoms. The van der Waals surface area contributed by atoms with Crippen LogP contribution in [0.2, 0.25) is 0 Å². The Bertz CT molecular complexity index is 683. The lowest BCUT2D eigenvalue weighted by Gasteiger charge is -2.14. The number of para-hydroxylation sites is 2. The maximum Gasteiger partial charge on any atom is 0.339 e. The van der Waals surface area contributed by atoms with E-state index in [1.807, 2.05) is 26.0 Å². The Morgan fingerprint density at radius 3 is 1.31 bits per heavy atom. The van der Waals surface area contributed by atoms with Crippen molar-refractivity contribution in [1.29, 1.82) is 0 Å². The van der Waals surface area contributed by atoms with Gasteiger partial charge in [-0.05, 0) is 37.1 Å². The van der Waals surface area contributed by atoms with Crippen LogP contribution >= 0.6 is 0 Å². The Morgan fingerprint density at radius 2 is 1.00 bits per heavy atom. The van der Waals surface area contributed by atoms with Crippen molar-refractivity contribution in [3.8, 4) is 11.5 Å². The molecule has 0 N–H and O–H groups in total. The van der Waals surface area contributed by atoms with Gasteiger partial charge in [-0.2, -0.15) is 0 Å². The quantitative estimate of drug-likeness (QED) is 0.377. The van der Waals surface area contributed by atoms with Gasteiger partial charge in [0.15, 0.2) is 0 Å². The van der Waals surface area contributed by atoms with E-state index in [0.29, 0.717) is 35.5 Å². The number of ether oxygens (including phenoxy) is 2. The molecule has 0 aromatic heterocycles. The summed E-state index contributed by atoms with van der Waals surface area (Å²) in [4.78, 5) is 25.4. The fraction of sp³-hybridized carbons (Fsp3) is 0.273. The lowest BCUT2D eigenvalue weighted by Crippen LogP contribution is -2.20. The molecule has 0 fully saturated rings. The fourth-order valence-electron chi connectivity index (χ4n) is 2.57. The van der Waals surface area contributed by atoms with Crippen molar-refractivity contribution in [3.63, 3.8) is 0 Å². The monoisotopic (exact) mass is 352 g/mol. The van der Waals surface area contributed by atoms with E-state index in [1.54, 1.807) is 48.5 Å². The molecule has 0 atom stereocenters. The first kappa shape index (κ1) is 19.4. The maximum atomic E-state index is 12.7. The molecule has 4 heteroatoms. The van der Waals surface area contributed by atoms with Crippen molar-refractivity contribution in [1.82, 2.24) is 0 Å². The number of hydrogen-bond acceptors (Lipinski definition) is 4. The minimum atomic E-state index is -0.494. The van der Waals surface area contributed by atoms with Crippen LogP contribution in [-0.4, -0.2) is 11.9 Å². The van der Waals surface area contributed by atoms with Gasteiger partial charge < -0.3 is 9.47 Å². The first-order valence-corrected chi connectivity index (χ1v) is 8.92. The summed E-state index contributed by atoms with van der Waals surface area (Å²) in [6.45, 7) is 3.92. The Kier molecular flexibility index (Phi) is 7.62. The highest BCUT2D eigenvalue weighted by Crippen LogP contribution is 2.22. The third-order valence-electron chi connectivity index (χ3n) is 3.76. The highest BCUT2D eigenvalue weighted by Gasteiger charge is 2.23. The van der Waals surface area contributed by atoms with Gasteiger partial charge in [0.25, 0.3) is 0 Å². The summed E-state index contributed by atoms with van der Waals surface area (Å²) in [6, 6.07) is 17.7. The van der Waals surface area contributed by atoms with Crippen LogP contribution in [0.3, 0.4) is 0 Å². The summed E-state index contributed by atoms with van der Waals surface area (Å²) in [5.41, 5.74) is 0.776. The van der Waals surface area contributed by atoms with Gasteiger partial charge in [-0.15, -0.1) is 0 Å². The zero-order valence-corrected chi connectivity index (χ0v) is 15.2. The molecule has 0 unspecified atom stereocenters. The fourth-order valence-corrected chi connectivity index (χ4v) is 2.57. The minimum Gasteiger partial charge on any atom is -0.423 e. The van der Waals surface area contributed by atoms with Crippen molar-refractivity contribution in [2.45, 2.75) is 39.5 Å². The molecule has 2 aromatic rings. The first-order chi connectivity index (χ1) is 12.7. The molecule has 26 heavy (non-hydrogen) atoms. The van der Waals surface area contributed by atoms with Crippen molar-refractivity contribution < 1.29 is 19.1 Å². The molecule has 136 valence electrons. The van der Waals surface area contributed by atoms with Gasteiger partial charge in [-0.3, -0.25) is 0 Å². The topological polar surface area (TPSA) is 52.6 Å². The summed E-state index contributed by atoms with van der Waals surface area (Å²) in [7, 11) is 0.